The maximum Gasteiger partial charge on any atom is 0.258 e. The van der Waals surface area contributed by atoms with Crippen molar-refractivity contribution in [3.8, 4) is 11.5 Å². The van der Waals surface area contributed by atoms with Crippen molar-refractivity contribution in [1.82, 2.24) is 5.32 Å². The summed E-state index contributed by atoms with van der Waals surface area (Å²) in [7, 11) is 0. The predicted molar refractivity (Wildman–Crippen MR) is 107 cm³/mol. The van der Waals surface area contributed by atoms with Gasteiger partial charge in [-0.2, -0.15) is 0 Å². The summed E-state index contributed by atoms with van der Waals surface area (Å²) in [6.07, 6.45) is 2.58. The number of rotatable bonds is 6. The minimum absolute atomic E-state index is 0.00900. The Kier molecular flexibility index (Phi) is 5.73. The molecule has 1 atom stereocenters. The van der Waals surface area contributed by atoms with Crippen LogP contribution in [0.15, 0.2) is 42.5 Å². The number of aryl methyl sites for hydroxylation is 1. The molecule has 3 rings (SSSR count). The fraction of sp³-hybridized carbons (Fsp3) is 0.435. The molecular formula is C23H29NO3. The molecule has 0 aromatic heterocycles. The van der Waals surface area contributed by atoms with E-state index in [-0.39, 0.29) is 24.2 Å². The van der Waals surface area contributed by atoms with Gasteiger partial charge in [-0.15, -0.1) is 0 Å². The van der Waals surface area contributed by atoms with Crippen LogP contribution < -0.4 is 14.8 Å². The van der Waals surface area contributed by atoms with Crippen molar-refractivity contribution in [1.29, 1.82) is 0 Å². The lowest BCUT2D eigenvalue weighted by Crippen LogP contribution is -2.45. The third kappa shape index (κ3) is 4.10. The van der Waals surface area contributed by atoms with E-state index in [9.17, 15) is 4.79 Å². The molecule has 0 saturated heterocycles. The molecule has 0 saturated carbocycles. The molecule has 0 aliphatic carbocycles. The summed E-state index contributed by atoms with van der Waals surface area (Å²) in [5.74, 6) is 1.51. The zero-order chi connectivity index (χ0) is 19.4. The van der Waals surface area contributed by atoms with E-state index in [4.69, 9.17) is 9.47 Å². The standard InChI is InChI=1S/C23H29NO3/c1-5-23(6-2)14-19(18-11-7-8-12-21(18)27-23)24-22(25)15-26-20-13-9-10-16(3)17(20)4/h7-13,19H,5-6,14-15H2,1-4H3,(H,24,25). The molecule has 1 heterocycles. The third-order valence-electron chi connectivity index (χ3n) is 5.73. The molecule has 144 valence electrons. The molecule has 0 bridgehead atoms. The number of para-hydroxylation sites is 1. The first kappa shape index (κ1) is 19.3. The number of carbonyl (C=O) groups is 1. The Labute approximate surface area is 161 Å². The molecule has 27 heavy (non-hydrogen) atoms. The molecule has 1 aliphatic heterocycles. The summed E-state index contributed by atoms with van der Waals surface area (Å²) in [5.41, 5.74) is 3.02. The van der Waals surface area contributed by atoms with Crippen molar-refractivity contribution in [2.75, 3.05) is 6.61 Å². The molecule has 1 N–H and O–H groups in total. The van der Waals surface area contributed by atoms with Crippen LogP contribution in [0.2, 0.25) is 0 Å². The Bertz CT molecular complexity index is 811. The van der Waals surface area contributed by atoms with Crippen LogP contribution in [0, 0.1) is 13.8 Å². The highest BCUT2D eigenvalue weighted by molar-refractivity contribution is 5.78. The first-order chi connectivity index (χ1) is 13.0. The fourth-order valence-electron chi connectivity index (χ4n) is 3.69. The number of hydrogen-bond donors (Lipinski definition) is 1. The van der Waals surface area contributed by atoms with Crippen LogP contribution in [-0.2, 0) is 4.79 Å². The smallest absolute Gasteiger partial charge is 0.258 e. The third-order valence-corrected chi connectivity index (χ3v) is 5.73. The highest BCUT2D eigenvalue weighted by atomic mass is 16.5. The van der Waals surface area contributed by atoms with Gasteiger partial charge < -0.3 is 14.8 Å². The van der Waals surface area contributed by atoms with Gasteiger partial charge in [0.1, 0.15) is 17.1 Å². The molecule has 0 radical (unpaired) electrons. The molecule has 2 aromatic carbocycles. The minimum Gasteiger partial charge on any atom is -0.487 e. The summed E-state index contributed by atoms with van der Waals surface area (Å²) in [6, 6.07) is 13.8. The minimum atomic E-state index is -0.236. The second kappa shape index (κ2) is 8.03. The summed E-state index contributed by atoms with van der Waals surface area (Å²) >= 11 is 0. The molecule has 1 aliphatic rings. The largest absolute Gasteiger partial charge is 0.487 e. The van der Waals surface area contributed by atoms with E-state index in [2.05, 4.69) is 19.2 Å². The number of amides is 1. The Balaban J connectivity index is 1.72. The Morgan fingerprint density at radius 2 is 1.89 bits per heavy atom. The second-order valence-electron chi connectivity index (χ2n) is 7.34. The van der Waals surface area contributed by atoms with Crippen LogP contribution in [0.1, 0.15) is 55.8 Å². The quantitative estimate of drug-likeness (QED) is 0.791. The number of ether oxygens (including phenoxy) is 2. The van der Waals surface area contributed by atoms with Crippen molar-refractivity contribution in [2.45, 2.75) is 58.6 Å². The zero-order valence-corrected chi connectivity index (χ0v) is 16.7. The van der Waals surface area contributed by atoms with E-state index in [1.165, 1.54) is 0 Å². The molecule has 4 nitrogen and oxygen atoms in total. The average Bonchev–Trinajstić information content (AvgIpc) is 2.69. The van der Waals surface area contributed by atoms with E-state index >= 15 is 0 Å². The molecule has 2 aromatic rings. The summed E-state index contributed by atoms with van der Waals surface area (Å²) in [6.45, 7) is 8.33. The van der Waals surface area contributed by atoms with Gasteiger partial charge in [-0.1, -0.05) is 44.2 Å². The van der Waals surface area contributed by atoms with Crippen molar-refractivity contribution in [3.05, 3.63) is 59.2 Å². The lowest BCUT2D eigenvalue weighted by Gasteiger charge is -2.41. The van der Waals surface area contributed by atoms with E-state index in [0.717, 1.165) is 47.5 Å². The van der Waals surface area contributed by atoms with Crippen LogP contribution in [0.5, 0.6) is 11.5 Å². The van der Waals surface area contributed by atoms with Gasteiger partial charge in [0.05, 0.1) is 6.04 Å². The molecule has 4 heteroatoms. The van der Waals surface area contributed by atoms with Gasteiger partial charge in [-0.25, -0.2) is 0 Å². The van der Waals surface area contributed by atoms with E-state index in [0.29, 0.717) is 0 Å². The van der Waals surface area contributed by atoms with E-state index in [1.54, 1.807) is 0 Å². The van der Waals surface area contributed by atoms with E-state index < -0.39 is 0 Å². The zero-order valence-electron chi connectivity index (χ0n) is 16.7. The molecule has 0 spiro atoms. The van der Waals surface area contributed by atoms with Gasteiger partial charge in [0.25, 0.3) is 5.91 Å². The topological polar surface area (TPSA) is 47.6 Å². The summed E-state index contributed by atoms with van der Waals surface area (Å²) in [4.78, 5) is 12.6. The number of hydrogen-bond acceptors (Lipinski definition) is 3. The van der Waals surface area contributed by atoms with Crippen LogP contribution >= 0.6 is 0 Å². The summed E-state index contributed by atoms with van der Waals surface area (Å²) < 4.78 is 12.1. The van der Waals surface area contributed by atoms with Gasteiger partial charge >= 0.3 is 0 Å². The Hall–Kier alpha value is -2.49. The van der Waals surface area contributed by atoms with Crippen LogP contribution in [-0.4, -0.2) is 18.1 Å². The number of fused-ring (bicyclic) bond motifs is 1. The first-order valence-corrected chi connectivity index (χ1v) is 9.74. The van der Waals surface area contributed by atoms with Crippen molar-refractivity contribution >= 4 is 5.91 Å². The van der Waals surface area contributed by atoms with Crippen LogP contribution in [0.25, 0.3) is 0 Å². The van der Waals surface area contributed by atoms with Gasteiger partial charge in [-0.05, 0) is 49.9 Å². The van der Waals surface area contributed by atoms with Gasteiger partial charge in [0.15, 0.2) is 6.61 Å². The average molecular weight is 367 g/mol. The van der Waals surface area contributed by atoms with Crippen LogP contribution in [0.4, 0.5) is 0 Å². The maximum absolute atomic E-state index is 12.6. The number of nitrogens with one attached hydrogen (secondary N) is 1. The highest BCUT2D eigenvalue weighted by Crippen LogP contribution is 2.42. The monoisotopic (exact) mass is 367 g/mol. The number of carbonyl (C=O) groups excluding carboxylic acids is 1. The van der Waals surface area contributed by atoms with E-state index in [1.807, 2.05) is 56.3 Å². The summed E-state index contributed by atoms with van der Waals surface area (Å²) in [5, 5.41) is 3.16. The Morgan fingerprint density at radius 1 is 1.15 bits per heavy atom. The normalized spacial score (nSPS) is 17.6. The molecule has 0 fully saturated rings. The fourth-order valence-corrected chi connectivity index (χ4v) is 3.69. The van der Waals surface area contributed by atoms with Crippen molar-refractivity contribution in [3.63, 3.8) is 0 Å². The predicted octanol–water partition coefficient (Wildman–Crippen LogP) is 4.88. The van der Waals surface area contributed by atoms with Crippen LogP contribution in [0.3, 0.4) is 0 Å². The molecule has 1 unspecified atom stereocenters. The SMILES string of the molecule is CCC1(CC)CC(NC(=O)COc2cccc(C)c2C)c2ccccc2O1. The number of benzene rings is 2. The second-order valence-corrected chi connectivity index (χ2v) is 7.34. The lowest BCUT2D eigenvalue weighted by atomic mass is 9.83. The molecular weight excluding hydrogens is 338 g/mol. The highest BCUT2D eigenvalue weighted by Gasteiger charge is 2.38. The van der Waals surface area contributed by atoms with Crippen molar-refractivity contribution in [2.24, 2.45) is 0 Å². The first-order valence-electron chi connectivity index (χ1n) is 9.74. The van der Waals surface area contributed by atoms with Gasteiger partial charge in [-0.3, -0.25) is 4.79 Å². The molecule has 1 amide bonds. The van der Waals surface area contributed by atoms with Gasteiger partial charge in [0.2, 0.25) is 0 Å². The van der Waals surface area contributed by atoms with Crippen molar-refractivity contribution < 1.29 is 14.3 Å². The Morgan fingerprint density at radius 3 is 2.63 bits per heavy atom. The maximum atomic E-state index is 12.6. The van der Waals surface area contributed by atoms with Gasteiger partial charge in [0, 0.05) is 12.0 Å². The lowest BCUT2D eigenvalue weighted by molar-refractivity contribution is -0.124.